The average Bonchev–Trinajstić information content (AvgIpc) is 2.52. The third-order valence-electron chi connectivity index (χ3n) is 3.30. The van der Waals surface area contributed by atoms with E-state index < -0.39 is 11.7 Å². The Labute approximate surface area is 149 Å². The Morgan fingerprint density at radius 3 is 2.40 bits per heavy atom. The SMILES string of the molecule is COc1ccc(OC)c([C@@H](C)NC(=O)CCNC(=O)OC(C)(C)C)c1. The van der Waals surface area contributed by atoms with Gasteiger partial charge in [-0.15, -0.1) is 0 Å². The van der Waals surface area contributed by atoms with E-state index in [1.54, 1.807) is 47.1 Å². The number of ether oxygens (including phenoxy) is 3. The van der Waals surface area contributed by atoms with E-state index in [9.17, 15) is 9.59 Å². The van der Waals surface area contributed by atoms with Gasteiger partial charge >= 0.3 is 6.09 Å². The van der Waals surface area contributed by atoms with E-state index in [4.69, 9.17) is 14.2 Å². The Bertz CT molecular complexity index is 596. The maximum Gasteiger partial charge on any atom is 0.407 e. The van der Waals surface area contributed by atoms with Crippen molar-refractivity contribution in [3.63, 3.8) is 0 Å². The van der Waals surface area contributed by atoms with Gasteiger partial charge in [-0.1, -0.05) is 0 Å². The summed E-state index contributed by atoms with van der Waals surface area (Å²) in [7, 11) is 3.15. The summed E-state index contributed by atoms with van der Waals surface area (Å²) < 4.78 is 15.7. The number of alkyl carbamates (subject to hydrolysis) is 1. The monoisotopic (exact) mass is 352 g/mol. The Kier molecular flexibility index (Phi) is 7.54. The number of rotatable bonds is 7. The lowest BCUT2D eigenvalue weighted by molar-refractivity contribution is -0.121. The van der Waals surface area contributed by atoms with Crippen LogP contribution in [0.3, 0.4) is 0 Å². The highest BCUT2D eigenvalue weighted by Crippen LogP contribution is 2.29. The maximum absolute atomic E-state index is 12.1. The van der Waals surface area contributed by atoms with Gasteiger partial charge in [0.2, 0.25) is 5.91 Å². The molecule has 1 aromatic carbocycles. The summed E-state index contributed by atoms with van der Waals surface area (Å²) in [4.78, 5) is 23.6. The van der Waals surface area contributed by atoms with E-state index in [2.05, 4.69) is 10.6 Å². The Balaban J connectivity index is 2.53. The Morgan fingerprint density at radius 1 is 1.16 bits per heavy atom. The molecule has 0 saturated heterocycles. The van der Waals surface area contributed by atoms with Crippen molar-refractivity contribution in [2.75, 3.05) is 20.8 Å². The summed E-state index contributed by atoms with van der Waals surface area (Å²) >= 11 is 0. The molecule has 2 N–H and O–H groups in total. The highest BCUT2D eigenvalue weighted by Gasteiger charge is 2.17. The Morgan fingerprint density at radius 2 is 1.84 bits per heavy atom. The molecule has 0 bridgehead atoms. The first-order chi connectivity index (χ1) is 11.7. The molecule has 7 heteroatoms. The van der Waals surface area contributed by atoms with Crippen LogP contribution in [0.5, 0.6) is 11.5 Å². The molecule has 0 aliphatic carbocycles. The van der Waals surface area contributed by atoms with Gasteiger partial charge in [-0.05, 0) is 45.9 Å². The van der Waals surface area contributed by atoms with E-state index in [-0.39, 0.29) is 24.9 Å². The smallest absolute Gasteiger partial charge is 0.407 e. The normalized spacial score (nSPS) is 12.1. The van der Waals surface area contributed by atoms with Crippen molar-refractivity contribution < 1.29 is 23.8 Å². The van der Waals surface area contributed by atoms with E-state index >= 15 is 0 Å². The third-order valence-corrected chi connectivity index (χ3v) is 3.30. The molecule has 0 aromatic heterocycles. The van der Waals surface area contributed by atoms with Crippen LogP contribution in [-0.2, 0) is 9.53 Å². The van der Waals surface area contributed by atoms with Gasteiger partial charge in [0.1, 0.15) is 17.1 Å². The van der Waals surface area contributed by atoms with Gasteiger partial charge in [0.05, 0.1) is 20.3 Å². The van der Waals surface area contributed by atoms with Crippen molar-refractivity contribution in [2.24, 2.45) is 0 Å². The quantitative estimate of drug-likeness (QED) is 0.788. The lowest BCUT2D eigenvalue weighted by Gasteiger charge is -2.20. The lowest BCUT2D eigenvalue weighted by atomic mass is 10.1. The van der Waals surface area contributed by atoms with E-state index in [1.807, 2.05) is 13.0 Å². The van der Waals surface area contributed by atoms with E-state index in [0.29, 0.717) is 11.5 Å². The molecule has 7 nitrogen and oxygen atoms in total. The number of nitrogens with one attached hydrogen (secondary N) is 2. The van der Waals surface area contributed by atoms with Crippen molar-refractivity contribution in [1.82, 2.24) is 10.6 Å². The summed E-state index contributed by atoms with van der Waals surface area (Å²) in [6.07, 6.45) is -0.390. The molecule has 0 aliphatic heterocycles. The number of carbonyl (C=O) groups is 2. The second kappa shape index (κ2) is 9.15. The number of methoxy groups -OCH3 is 2. The summed E-state index contributed by atoms with van der Waals surface area (Å²) in [6.45, 7) is 7.40. The average molecular weight is 352 g/mol. The zero-order valence-corrected chi connectivity index (χ0v) is 15.8. The molecule has 0 saturated carbocycles. The first-order valence-electron chi connectivity index (χ1n) is 8.14. The molecule has 1 atom stereocenters. The van der Waals surface area contributed by atoms with Crippen molar-refractivity contribution in [3.05, 3.63) is 23.8 Å². The molecule has 2 amide bonds. The minimum atomic E-state index is -0.566. The number of carbonyl (C=O) groups excluding carboxylic acids is 2. The predicted molar refractivity (Wildman–Crippen MR) is 95.0 cm³/mol. The molecular formula is C18H28N2O5. The van der Waals surface area contributed by atoms with Crippen LogP contribution in [0.2, 0.25) is 0 Å². The van der Waals surface area contributed by atoms with Crippen LogP contribution < -0.4 is 20.1 Å². The van der Waals surface area contributed by atoms with Crippen LogP contribution >= 0.6 is 0 Å². The number of benzene rings is 1. The van der Waals surface area contributed by atoms with Crippen LogP contribution in [-0.4, -0.2) is 38.4 Å². The van der Waals surface area contributed by atoms with Crippen LogP contribution in [0.25, 0.3) is 0 Å². The number of amides is 2. The summed E-state index contributed by atoms with van der Waals surface area (Å²) in [5.74, 6) is 1.16. The highest BCUT2D eigenvalue weighted by molar-refractivity contribution is 5.77. The zero-order chi connectivity index (χ0) is 19.0. The number of hydrogen-bond donors (Lipinski definition) is 2. The standard InChI is InChI=1S/C18H28N2O5/c1-12(14-11-13(23-5)7-8-15(14)24-6)20-16(21)9-10-19-17(22)25-18(2,3)4/h7-8,11-12H,9-10H2,1-6H3,(H,19,22)(H,20,21)/t12-/m1/s1. The molecule has 1 aromatic rings. The van der Waals surface area contributed by atoms with Gasteiger partial charge in [-0.3, -0.25) is 4.79 Å². The second-order valence-corrected chi connectivity index (χ2v) is 6.58. The molecule has 0 heterocycles. The first-order valence-corrected chi connectivity index (χ1v) is 8.14. The molecule has 25 heavy (non-hydrogen) atoms. The molecule has 0 unspecified atom stereocenters. The maximum atomic E-state index is 12.1. The minimum absolute atomic E-state index is 0.149. The topological polar surface area (TPSA) is 85.9 Å². The summed E-state index contributed by atoms with van der Waals surface area (Å²) in [5.41, 5.74) is 0.249. The van der Waals surface area contributed by atoms with Gasteiger partial charge in [0, 0.05) is 18.5 Å². The second-order valence-electron chi connectivity index (χ2n) is 6.58. The largest absolute Gasteiger partial charge is 0.497 e. The van der Waals surface area contributed by atoms with Crippen molar-refractivity contribution >= 4 is 12.0 Å². The molecule has 140 valence electrons. The summed E-state index contributed by atoms with van der Waals surface area (Å²) in [6, 6.07) is 5.14. The lowest BCUT2D eigenvalue weighted by Crippen LogP contribution is -2.35. The van der Waals surface area contributed by atoms with Gasteiger partial charge in [0.25, 0.3) is 0 Å². The Hall–Kier alpha value is -2.44. The van der Waals surface area contributed by atoms with Gasteiger partial charge in [-0.25, -0.2) is 4.79 Å². The van der Waals surface area contributed by atoms with Crippen molar-refractivity contribution in [2.45, 2.75) is 45.8 Å². The minimum Gasteiger partial charge on any atom is -0.497 e. The van der Waals surface area contributed by atoms with Gasteiger partial charge < -0.3 is 24.8 Å². The molecule has 0 radical (unpaired) electrons. The first kappa shape index (κ1) is 20.6. The van der Waals surface area contributed by atoms with Gasteiger partial charge in [0.15, 0.2) is 0 Å². The summed E-state index contributed by atoms with van der Waals surface area (Å²) in [5, 5.41) is 5.43. The van der Waals surface area contributed by atoms with Crippen LogP contribution in [0.1, 0.15) is 45.7 Å². The molecule has 0 spiro atoms. The fourth-order valence-corrected chi connectivity index (χ4v) is 2.16. The molecule has 0 aliphatic rings. The third kappa shape index (κ3) is 7.32. The van der Waals surface area contributed by atoms with Crippen molar-refractivity contribution in [3.8, 4) is 11.5 Å². The highest BCUT2D eigenvalue weighted by atomic mass is 16.6. The predicted octanol–water partition coefficient (Wildman–Crippen LogP) is 2.80. The fraction of sp³-hybridized carbons (Fsp3) is 0.556. The number of hydrogen-bond acceptors (Lipinski definition) is 5. The zero-order valence-electron chi connectivity index (χ0n) is 15.8. The van der Waals surface area contributed by atoms with E-state index in [0.717, 1.165) is 5.56 Å². The van der Waals surface area contributed by atoms with Crippen LogP contribution in [0.15, 0.2) is 18.2 Å². The fourth-order valence-electron chi connectivity index (χ4n) is 2.16. The van der Waals surface area contributed by atoms with Crippen LogP contribution in [0.4, 0.5) is 4.79 Å². The van der Waals surface area contributed by atoms with E-state index in [1.165, 1.54) is 0 Å². The molecule has 0 fully saturated rings. The molecule has 1 rings (SSSR count). The van der Waals surface area contributed by atoms with Gasteiger partial charge in [-0.2, -0.15) is 0 Å². The van der Waals surface area contributed by atoms with Crippen molar-refractivity contribution in [1.29, 1.82) is 0 Å². The molecular weight excluding hydrogens is 324 g/mol. The van der Waals surface area contributed by atoms with Crippen LogP contribution in [0, 0.1) is 0 Å².